The molecule has 1 fully saturated rings. The third-order valence-corrected chi connectivity index (χ3v) is 4.85. The number of hydrogen-bond donors (Lipinski definition) is 1. The highest BCUT2D eigenvalue weighted by molar-refractivity contribution is 5.74. The number of aromatic nitrogens is 2. The number of nitrogens with zero attached hydrogens (tertiary/aromatic N) is 3. The number of rotatable bonds is 4. The van der Waals surface area contributed by atoms with Gasteiger partial charge in [-0.1, -0.05) is 41.9 Å². The summed E-state index contributed by atoms with van der Waals surface area (Å²) in [5.41, 5.74) is 2.50. The van der Waals surface area contributed by atoms with Gasteiger partial charge in [-0.3, -0.25) is 0 Å². The first kappa shape index (κ1) is 17.5. The Hall–Kier alpha value is -2.37. The first-order valence-corrected chi connectivity index (χ1v) is 8.92. The Morgan fingerprint density at radius 1 is 1.36 bits per heavy atom. The summed E-state index contributed by atoms with van der Waals surface area (Å²) in [5, 5.41) is 6.92. The van der Waals surface area contributed by atoms with Gasteiger partial charge in [0.25, 0.3) is 0 Å². The number of likely N-dealkylation sites (tertiary alicyclic amines) is 1. The molecule has 25 heavy (non-hydrogen) atoms. The Kier molecular flexibility index (Phi) is 5.36. The lowest BCUT2D eigenvalue weighted by Crippen LogP contribution is -2.45. The summed E-state index contributed by atoms with van der Waals surface area (Å²) in [6.07, 6.45) is 1.73. The molecule has 134 valence electrons. The topological polar surface area (TPSA) is 71.3 Å². The molecule has 1 aliphatic rings. The van der Waals surface area contributed by atoms with Crippen molar-refractivity contribution in [2.45, 2.75) is 45.4 Å². The van der Waals surface area contributed by atoms with Crippen molar-refractivity contribution in [3.8, 4) is 0 Å². The molecule has 1 saturated heterocycles. The fourth-order valence-electron chi connectivity index (χ4n) is 3.26. The van der Waals surface area contributed by atoms with Crippen LogP contribution in [0.15, 0.2) is 28.8 Å². The van der Waals surface area contributed by atoms with Crippen molar-refractivity contribution in [3.63, 3.8) is 0 Å². The van der Waals surface area contributed by atoms with E-state index in [1.54, 1.807) is 0 Å². The number of carbonyl (C=O) groups is 1. The molecule has 6 heteroatoms. The molecule has 1 aromatic carbocycles. The van der Waals surface area contributed by atoms with Crippen LogP contribution in [-0.2, 0) is 0 Å². The van der Waals surface area contributed by atoms with Crippen molar-refractivity contribution in [1.29, 1.82) is 0 Å². The number of piperidine rings is 1. The second kappa shape index (κ2) is 7.68. The predicted octanol–water partition coefficient (Wildman–Crippen LogP) is 3.38. The van der Waals surface area contributed by atoms with Gasteiger partial charge in [-0.15, -0.1) is 0 Å². The maximum Gasteiger partial charge on any atom is 0.317 e. The minimum absolute atomic E-state index is 0.0136. The van der Waals surface area contributed by atoms with Crippen molar-refractivity contribution >= 4 is 6.03 Å². The number of carbonyl (C=O) groups excluding carboxylic acids is 1. The SMILES string of the molecule is Cc1cccc(C(C)CNC(=O)N2CCC(c3nc(C)no3)CC2)c1. The van der Waals surface area contributed by atoms with Gasteiger partial charge in [-0.25, -0.2) is 4.79 Å². The summed E-state index contributed by atoms with van der Waals surface area (Å²) < 4.78 is 5.26. The zero-order chi connectivity index (χ0) is 17.8. The molecule has 0 bridgehead atoms. The maximum atomic E-state index is 12.4. The molecule has 3 rings (SSSR count). The highest BCUT2D eigenvalue weighted by Crippen LogP contribution is 2.26. The first-order valence-electron chi connectivity index (χ1n) is 8.92. The van der Waals surface area contributed by atoms with Gasteiger partial charge in [0.1, 0.15) is 0 Å². The minimum atomic E-state index is 0.0136. The Bertz CT molecular complexity index is 720. The van der Waals surface area contributed by atoms with E-state index in [1.807, 2.05) is 11.8 Å². The number of hydrogen-bond acceptors (Lipinski definition) is 4. The van der Waals surface area contributed by atoms with Gasteiger partial charge in [0, 0.05) is 25.6 Å². The Morgan fingerprint density at radius 2 is 2.12 bits per heavy atom. The highest BCUT2D eigenvalue weighted by atomic mass is 16.5. The lowest BCUT2D eigenvalue weighted by atomic mass is 9.97. The molecular formula is C19H26N4O2. The van der Waals surface area contributed by atoms with Crippen LogP contribution in [0.5, 0.6) is 0 Å². The first-order chi connectivity index (χ1) is 12.0. The zero-order valence-electron chi connectivity index (χ0n) is 15.2. The van der Waals surface area contributed by atoms with E-state index in [1.165, 1.54) is 11.1 Å². The van der Waals surface area contributed by atoms with Crippen LogP contribution in [0, 0.1) is 13.8 Å². The smallest absolute Gasteiger partial charge is 0.317 e. The Morgan fingerprint density at radius 3 is 2.76 bits per heavy atom. The molecule has 1 aliphatic heterocycles. The molecule has 2 amide bonds. The van der Waals surface area contributed by atoms with Crippen molar-refractivity contribution in [2.24, 2.45) is 0 Å². The van der Waals surface area contributed by atoms with E-state index in [0.29, 0.717) is 24.2 Å². The van der Waals surface area contributed by atoms with Crippen LogP contribution in [0.2, 0.25) is 0 Å². The van der Waals surface area contributed by atoms with Crippen molar-refractivity contribution < 1.29 is 9.32 Å². The highest BCUT2D eigenvalue weighted by Gasteiger charge is 2.27. The van der Waals surface area contributed by atoms with Crippen molar-refractivity contribution in [3.05, 3.63) is 47.1 Å². The fourth-order valence-corrected chi connectivity index (χ4v) is 3.26. The lowest BCUT2D eigenvalue weighted by Gasteiger charge is -2.30. The number of nitrogens with one attached hydrogen (secondary N) is 1. The van der Waals surface area contributed by atoms with Crippen molar-refractivity contribution in [2.75, 3.05) is 19.6 Å². The van der Waals surface area contributed by atoms with Gasteiger partial charge in [0.2, 0.25) is 5.89 Å². The third-order valence-electron chi connectivity index (χ3n) is 4.85. The van der Waals surface area contributed by atoms with Crippen LogP contribution in [0.1, 0.15) is 54.4 Å². The Balaban J connectivity index is 1.46. The monoisotopic (exact) mass is 342 g/mol. The summed E-state index contributed by atoms with van der Waals surface area (Å²) >= 11 is 0. The van der Waals surface area contributed by atoms with E-state index in [0.717, 1.165) is 25.9 Å². The predicted molar refractivity (Wildman–Crippen MR) is 95.6 cm³/mol. The Labute approximate surface area is 148 Å². The molecular weight excluding hydrogens is 316 g/mol. The molecule has 1 aromatic heterocycles. The van der Waals surface area contributed by atoms with Gasteiger partial charge >= 0.3 is 6.03 Å². The number of amides is 2. The molecule has 2 heterocycles. The zero-order valence-corrected chi connectivity index (χ0v) is 15.2. The van der Waals surface area contributed by atoms with Crippen molar-refractivity contribution in [1.82, 2.24) is 20.4 Å². The summed E-state index contributed by atoms with van der Waals surface area (Å²) in [7, 11) is 0. The van der Waals surface area contributed by atoms with E-state index in [9.17, 15) is 4.79 Å². The third kappa shape index (κ3) is 4.38. The molecule has 0 spiro atoms. The number of benzene rings is 1. The summed E-state index contributed by atoms with van der Waals surface area (Å²) in [6, 6.07) is 8.45. The average Bonchev–Trinajstić information content (AvgIpc) is 3.06. The molecule has 0 radical (unpaired) electrons. The molecule has 1 atom stereocenters. The average molecular weight is 342 g/mol. The quantitative estimate of drug-likeness (QED) is 0.924. The summed E-state index contributed by atoms with van der Waals surface area (Å²) in [4.78, 5) is 18.6. The molecule has 1 unspecified atom stereocenters. The fraction of sp³-hybridized carbons (Fsp3) is 0.526. The number of aryl methyl sites for hydroxylation is 2. The van der Waals surface area contributed by atoms with E-state index in [4.69, 9.17) is 4.52 Å². The second-order valence-electron chi connectivity index (χ2n) is 6.94. The van der Waals surface area contributed by atoms with Crippen LogP contribution in [-0.4, -0.2) is 40.7 Å². The normalized spacial score (nSPS) is 16.7. The van der Waals surface area contributed by atoms with Crippen LogP contribution in [0.3, 0.4) is 0 Å². The molecule has 0 aliphatic carbocycles. The maximum absolute atomic E-state index is 12.4. The molecule has 6 nitrogen and oxygen atoms in total. The van der Waals surface area contributed by atoms with Gasteiger partial charge in [0.15, 0.2) is 5.82 Å². The number of urea groups is 1. The largest absolute Gasteiger partial charge is 0.339 e. The molecule has 0 saturated carbocycles. The minimum Gasteiger partial charge on any atom is -0.339 e. The standard InChI is InChI=1S/C19H26N4O2/c1-13-5-4-6-17(11-13)14(2)12-20-19(24)23-9-7-16(8-10-23)18-21-15(3)22-25-18/h4-6,11,14,16H,7-10,12H2,1-3H3,(H,20,24). The van der Waals surface area contributed by atoms with Gasteiger partial charge in [-0.05, 0) is 38.2 Å². The molecule has 2 aromatic rings. The summed E-state index contributed by atoms with van der Waals surface area (Å²) in [6.45, 7) is 8.13. The van der Waals surface area contributed by atoms with Gasteiger partial charge < -0.3 is 14.7 Å². The van der Waals surface area contributed by atoms with E-state index in [-0.39, 0.29) is 11.9 Å². The van der Waals surface area contributed by atoms with Gasteiger partial charge in [0.05, 0.1) is 0 Å². The van der Waals surface area contributed by atoms with Crippen LogP contribution in [0.4, 0.5) is 4.79 Å². The van der Waals surface area contributed by atoms with Crippen LogP contribution < -0.4 is 5.32 Å². The van der Waals surface area contributed by atoms with E-state index < -0.39 is 0 Å². The second-order valence-corrected chi connectivity index (χ2v) is 6.94. The van der Waals surface area contributed by atoms with Crippen LogP contribution >= 0.6 is 0 Å². The lowest BCUT2D eigenvalue weighted by molar-refractivity contribution is 0.175. The van der Waals surface area contributed by atoms with E-state index >= 15 is 0 Å². The summed E-state index contributed by atoms with van der Waals surface area (Å²) in [5.74, 6) is 1.92. The van der Waals surface area contributed by atoms with Crippen LogP contribution in [0.25, 0.3) is 0 Å². The molecule has 1 N–H and O–H groups in total. The van der Waals surface area contributed by atoms with Gasteiger partial charge in [-0.2, -0.15) is 4.98 Å². The van der Waals surface area contributed by atoms with E-state index in [2.05, 4.69) is 53.6 Å².